The predicted molar refractivity (Wildman–Crippen MR) is 95.2 cm³/mol. The van der Waals surface area contributed by atoms with Crippen LogP contribution in [0.4, 0.5) is 0 Å². The third-order valence-corrected chi connectivity index (χ3v) is 4.55. The van der Waals surface area contributed by atoms with E-state index in [0.29, 0.717) is 0 Å². The zero-order valence-electron chi connectivity index (χ0n) is 12.2. The van der Waals surface area contributed by atoms with Crippen molar-refractivity contribution in [1.82, 2.24) is 0 Å². The molecule has 21 heavy (non-hydrogen) atoms. The number of thioether (sulfide) groups is 2. The van der Waals surface area contributed by atoms with E-state index in [-0.39, 0.29) is 5.78 Å². The summed E-state index contributed by atoms with van der Waals surface area (Å²) >= 11 is 3.54. The third-order valence-electron chi connectivity index (χ3n) is 3.15. The molecule has 3 heteroatoms. The second-order valence-corrected chi connectivity index (χ2v) is 6.24. The molecule has 1 nitrogen and oxygen atoms in total. The quantitative estimate of drug-likeness (QED) is 0.416. The molecule has 0 fully saturated rings. The van der Waals surface area contributed by atoms with Crippen LogP contribution in [-0.2, 0) is 5.75 Å². The van der Waals surface area contributed by atoms with Crippen LogP contribution in [0.15, 0.2) is 59.5 Å². The molecule has 0 N–H and O–H groups in total. The molecule has 2 aromatic rings. The molecule has 0 bridgehead atoms. The SMILES string of the molecule is CSCc1c(/C=C/C(=O)c2ccccc2)cccc1SC. The molecule has 0 spiro atoms. The van der Waals surface area contributed by atoms with Crippen LogP contribution in [0, 0.1) is 0 Å². The van der Waals surface area contributed by atoms with Gasteiger partial charge in [-0.05, 0) is 35.8 Å². The number of hydrogen-bond acceptors (Lipinski definition) is 3. The largest absolute Gasteiger partial charge is 0.289 e. The van der Waals surface area contributed by atoms with Crippen LogP contribution in [0.2, 0.25) is 0 Å². The van der Waals surface area contributed by atoms with E-state index in [0.717, 1.165) is 16.9 Å². The third kappa shape index (κ3) is 4.26. The van der Waals surface area contributed by atoms with Crippen LogP contribution in [0.1, 0.15) is 21.5 Å². The van der Waals surface area contributed by atoms with Crippen molar-refractivity contribution in [3.05, 3.63) is 71.3 Å². The Labute approximate surface area is 134 Å². The predicted octanol–water partition coefficient (Wildman–Crippen LogP) is 5.17. The lowest BCUT2D eigenvalue weighted by Gasteiger charge is -2.09. The maximum atomic E-state index is 12.1. The van der Waals surface area contributed by atoms with Crippen molar-refractivity contribution in [3.63, 3.8) is 0 Å². The molecule has 0 unspecified atom stereocenters. The van der Waals surface area contributed by atoms with Crippen LogP contribution in [0.5, 0.6) is 0 Å². The summed E-state index contributed by atoms with van der Waals surface area (Å²) in [5.74, 6) is 0.996. The van der Waals surface area contributed by atoms with Gasteiger partial charge >= 0.3 is 0 Å². The zero-order chi connectivity index (χ0) is 15.1. The average Bonchev–Trinajstić information content (AvgIpc) is 2.54. The first-order valence-electron chi connectivity index (χ1n) is 6.68. The van der Waals surface area contributed by atoms with Crippen LogP contribution < -0.4 is 0 Å². The second kappa shape index (κ2) is 8.11. The van der Waals surface area contributed by atoms with Gasteiger partial charge in [0.2, 0.25) is 0 Å². The van der Waals surface area contributed by atoms with Gasteiger partial charge in [0, 0.05) is 16.2 Å². The van der Waals surface area contributed by atoms with E-state index in [2.05, 4.69) is 24.6 Å². The van der Waals surface area contributed by atoms with Crippen LogP contribution >= 0.6 is 23.5 Å². The van der Waals surface area contributed by atoms with E-state index < -0.39 is 0 Å². The summed E-state index contributed by atoms with van der Waals surface area (Å²) in [6.07, 6.45) is 7.78. The van der Waals surface area contributed by atoms with Gasteiger partial charge in [0.1, 0.15) is 0 Å². The van der Waals surface area contributed by atoms with E-state index in [4.69, 9.17) is 0 Å². The van der Waals surface area contributed by atoms with E-state index in [1.165, 1.54) is 10.5 Å². The van der Waals surface area contributed by atoms with Gasteiger partial charge in [0.15, 0.2) is 5.78 Å². The first-order chi connectivity index (χ1) is 10.3. The fourth-order valence-corrected chi connectivity index (χ4v) is 3.45. The lowest BCUT2D eigenvalue weighted by Crippen LogP contribution is -1.94. The van der Waals surface area contributed by atoms with Gasteiger partial charge in [0.05, 0.1) is 0 Å². The number of carbonyl (C=O) groups is 1. The number of rotatable bonds is 6. The molecule has 0 aromatic heterocycles. The molecule has 108 valence electrons. The highest BCUT2D eigenvalue weighted by molar-refractivity contribution is 7.99. The van der Waals surface area contributed by atoms with Crippen molar-refractivity contribution < 1.29 is 4.79 Å². The standard InChI is InChI=1S/C18H18OS2/c1-20-13-16-14(9-6-10-18(16)21-2)11-12-17(19)15-7-4-3-5-8-15/h3-12H,13H2,1-2H3/b12-11+. The van der Waals surface area contributed by atoms with Crippen molar-refractivity contribution in [1.29, 1.82) is 0 Å². The van der Waals surface area contributed by atoms with Gasteiger partial charge in [-0.15, -0.1) is 11.8 Å². The number of benzene rings is 2. The zero-order valence-corrected chi connectivity index (χ0v) is 13.8. The van der Waals surface area contributed by atoms with Crippen molar-refractivity contribution in [2.45, 2.75) is 10.6 Å². The molecule has 0 amide bonds. The minimum atomic E-state index is 0.0419. The molecular formula is C18H18OS2. The smallest absolute Gasteiger partial charge is 0.185 e. The Morgan fingerprint density at radius 1 is 1.05 bits per heavy atom. The molecule has 2 aromatic carbocycles. The summed E-state index contributed by atoms with van der Waals surface area (Å²) in [6, 6.07) is 15.6. The molecule has 0 aliphatic carbocycles. The van der Waals surface area contributed by atoms with E-state index in [9.17, 15) is 4.79 Å². The summed E-state index contributed by atoms with van der Waals surface area (Å²) < 4.78 is 0. The highest BCUT2D eigenvalue weighted by atomic mass is 32.2. The minimum absolute atomic E-state index is 0.0419. The summed E-state index contributed by atoms with van der Waals surface area (Å²) in [5, 5.41) is 0. The first-order valence-corrected chi connectivity index (χ1v) is 9.30. The van der Waals surface area contributed by atoms with E-state index >= 15 is 0 Å². The van der Waals surface area contributed by atoms with Crippen LogP contribution in [-0.4, -0.2) is 18.3 Å². The first kappa shape index (κ1) is 15.9. The van der Waals surface area contributed by atoms with E-state index in [1.807, 2.05) is 42.5 Å². The van der Waals surface area contributed by atoms with Crippen LogP contribution in [0.25, 0.3) is 6.08 Å². The molecule has 2 rings (SSSR count). The fraction of sp³-hybridized carbons (Fsp3) is 0.167. The lowest BCUT2D eigenvalue weighted by atomic mass is 10.1. The number of carbonyl (C=O) groups excluding carboxylic acids is 1. The molecule has 0 saturated carbocycles. The van der Waals surface area contributed by atoms with Gasteiger partial charge in [-0.3, -0.25) is 4.79 Å². The average molecular weight is 314 g/mol. The Balaban J connectivity index is 2.26. The lowest BCUT2D eigenvalue weighted by molar-refractivity contribution is 0.104. The summed E-state index contributed by atoms with van der Waals surface area (Å²) in [4.78, 5) is 13.4. The molecular weight excluding hydrogens is 296 g/mol. The van der Waals surface area contributed by atoms with E-state index in [1.54, 1.807) is 29.6 Å². The highest BCUT2D eigenvalue weighted by Gasteiger charge is 2.06. The highest BCUT2D eigenvalue weighted by Crippen LogP contribution is 2.27. The molecule has 0 aliphatic heterocycles. The Kier molecular flexibility index (Phi) is 6.15. The monoisotopic (exact) mass is 314 g/mol. The number of ketones is 1. The Bertz CT molecular complexity index is 633. The fourth-order valence-electron chi connectivity index (χ4n) is 2.09. The number of hydrogen-bond donors (Lipinski definition) is 0. The summed E-state index contributed by atoms with van der Waals surface area (Å²) in [7, 11) is 0. The minimum Gasteiger partial charge on any atom is -0.289 e. The molecule has 0 atom stereocenters. The van der Waals surface area contributed by atoms with Crippen molar-refractivity contribution >= 4 is 35.4 Å². The van der Waals surface area contributed by atoms with Crippen molar-refractivity contribution in [2.75, 3.05) is 12.5 Å². The molecule has 0 saturated heterocycles. The van der Waals surface area contributed by atoms with Crippen molar-refractivity contribution in [3.8, 4) is 0 Å². The van der Waals surface area contributed by atoms with Gasteiger partial charge in [0.25, 0.3) is 0 Å². The maximum Gasteiger partial charge on any atom is 0.185 e. The summed E-state index contributed by atoms with van der Waals surface area (Å²) in [5.41, 5.74) is 3.15. The van der Waals surface area contributed by atoms with Gasteiger partial charge < -0.3 is 0 Å². The summed E-state index contributed by atoms with van der Waals surface area (Å²) in [6.45, 7) is 0. The molecule has 0 heterocycles. The van der Waals surface area contributed by atoms with Gasteiger partial charge in [-0.25, -0.2) is 0 Å². The maximum absolute atomic E-state index is 12.1. The Morgan fingerprint density at radius 3 is 2.48 bits per heavy atom. The normalized spacial score (nSPS) is 11.0. The van der Waals surface area contributed by atoms with Crippen LogP contribution in [0.3, 0.4) is 0 Å². The Hall–Kier alpha value is -1.45. The topological polar surface area (TPSA) is 17.1 Å². The van der Waals surface area contributed by atoms with Crippen molar-refractivity contribution in [2.24, 2.45) is 0 Å². The second-order valence-electron chi connectivity index (χ2n) is 4.52. The molecule has 0 aliphatic rings. The molecule has 0 radical (unpaired) electrons. The Morgan fingerprint density at radius 2 is 1.81 bits per heavy atom. The number of allylic oxidation sites excluding steroid dienone is 1. The van der Waals surface area contributed by atoms with Gasteiger partial charge in [-0.2, -0.15) is 11.8 Å². The van der Waals surface area contributed by atoms with Gasteiger partial charge in [-0.1, -0.05) is 48.5 Å².